The number of carboxylic acid groups (broad SMARTS) is 1. The monoisotopic (exact) mass is 538 g/mol. The van der Waals surface area contributed by atoms with Gasteiger partial charge in [-0.3, -0.25) is 4.79 Å². The predicted octanol–water partition coefficient (Wildman–Crippen LogP) is 4.62. The number of carbonyl (C=O) groups is 2. The van der Waals surface area contributed by atoms with Gasteiger partial charge in [-0.1, -0.05) is 6.42 Å². The number of rotatable bonds is 8. The lowest BCUT2D eigenvalue weighted by atomic mass is 9.85. The fourth-order valence-electron chi connectivity index (χ4n) is 5.69. The van der Waals surface area contributed by atoms with E-state index in [1.54, 1.807) is 24.4 Å². The lowest BCUT2D eigenvalue weighted by Crippen LogP contribution is -2.26. The van der Waals surface area contributed by atoms with Crippen LogP contribution in [0.3, 0.4) is 0 Å². The molecule has 0 aliphatic heterocycles. The highest BCUT2D eigenvalue weighted by Crippen LogP contribution is 2.41. The van der Waals surface area contributed by atoms with E-state index in [9.17, 15) is 24.5 Å². The number of carbonyl (C=O) groups excluding carboxylic acids is 1. The average molecular weight is 539 g/mol. The summed E-state index contributed by atoms with van der Waals surface area (Å²) < 4.78 is 16.5. The maximum atomic E-state index is 14.5. The lowest BCUT2D eigenvalue weighted by molar-refractivity contribution is -0.143. The molecular formula is C29H35FN4O5. The highest BCUT2D eigenvalue weighted by Gasteiger charge is 2.33. The lowest BCUT2D eigenvalue weighted by Gasteiger charge is -2.30. The first kappa shape index (κ1) is 28.3. The van der Waals surface area contributed by atoms with Crippen molar-refractivity contribution in [3.8, 4) is 5.75 Å². The number of halogens is 1. The number of aromatic nitrogens is 3. The smallest absolute Gasteiger partial charge is 0.306 e. The number of aromatic amines is 1. The van der Waals surface area contributed by atoms with E-state index < -0.39 is 23.8 Å². The van der Waals surface area contributed by atoms with Crippen LogP contribution >= 0.6 is 0 Å². The van der Waals surface area contributed by atoms with Gasteiger partial charge in [0.05, 0.1) is 22.5 Å². The zero-order valence-electron chi connectivity index (χ0n) is 22.2. The van der Waals surface area contributed by atoms with E-state index in [1.165, 1.54) is 12.1 Å². The molecule has 4 aromatic rings. The van der Waals surface area contributed by atoms with Crippen LogP contribution in [-0.2, 0) is 16.0 Å². The molecule has 0 radical (unpaired) electrons. The Hall–Kier alpha value is -3.76. The van der Waals surface area contributed by atoms with Gasteiger partial charge in [0, 0.05) is 34.8 Å². The standard InChI is InChI=1S/C28H33FN4O4.CH2O/c1-15(30-2)6-7-20-23(34)9-8-22-25(20)32-27(33(22)19-5-3-4-17(13-19)28(36)37)26(35)21-14-18(29)12-16-10-11-31-24(16)21;1-2/h8-12,14-15,17,19,26,30-31,34-35H,3-7,13H2,1-2H3,(H,36,37);1H2. The number of aliphatic hydroxyl groups is 1. The van der Waals surface area contributed by atoms with Crippen molar-refractivity contribution in [3.63, 3.8) is 0 Å². The van der Waals surface area contributed by atoms with Crippen molar-refractivity contribution in [1.29, 1.82) is 0 Å². The van der Waals surface area contributed by atoms with Crippen molar-refractivity contribution in [2.75, 3.05) is 7.05 Å². The normalized spacial score (nSPS) is 19.0. The summed E-state index contributed by atoms with van der Waals surface area (Å²) in [4.78, 5) is 27.8. The number of nitrogens with one attached hydrogen (secondary N) is 2. The van der Waals surface area contributed by atoms with Gasteiger partial charge in [-0.25, -0.2) is 9.37 Å². The third-order valence-electron chi connectivity index (χ3n) is 7.84. The summed E-state index contributed by atoms with van der Waals surface area (Å²) >= 11 is 0. The zero-order chi connectivity index (χ0) is 28.3. The molecule has 2 aromatic heterocycles. The molecule has 2 heterocycles. The van der Waals surface area contributed by atoms with Crippen LogP contribution in [-0.4, -0.2) is 55.7 Å². The average Bonchev–Trinajstić information content (AvgIpc) is 3.57. The summed E-state index contributed by atoms with van der Waals surface area (Å²) in [5.74, 6) is -1.33. The number of phenolic OH excluding ortho intramolecular Hbond substituents is 1. The third kappa shape index (κ3) is 5.53. The van der Waals surface area contributed by atoms with Gasteiger partial charge in [-0.05, 0) is 76.4 Å². The van der Waals surface area contributed by atoms with Gasteiger partial charge in [0.15, 0.2) is 0 Å². The molecule has 10 heteroatoms. The second kappa shape index (κ2) is 12.0. The van der Waals surface area contributed by atoms with Gasteiger partial charge >= 0.3 is 5.97 Å². The number of phenols is 1. The Kier molecular flexibility index (Phi) is 8.66. The van der Waals surface area contributed by atoms with Gasteiger partial charge in [0.1, 0.15) is 30.3 Å². The summed E-state index contributed by atoms with van der Waals surface area (Å²) in [6.45, 7) is 4.06. The number of nitrogens with zero attached hydrogens (tertiary/aromatic N) is 2. The van der Waals surface area contributed by atoms with Crippen molar-refractivity contribution >= 4 is 34.7 Å². The number of aliphatic hydroxyl groups excluding tert-OH is 1. The fraction of sp³-hybridized carbons (Fsp3) is 0.414. The first-order chi connectivity index (χ1) is 18.8. The number of aliphatic carboxylic acids is 1. The highest BCUT2D eigenvalue weighted by atomic mass is 19.1. The molecule has 5 N–H and O–H groups in total. The van der Waals surface area contributed by atoms with E-state index in [-0.39, 0.29) is 17.8 Å². The molecule has 208 valence electrons. The summed E-state index contributed by atoms with van der Waals surface area (Å²) in [5.41, 5.74) is 2.96. The number of aryl methyl sites for hydroxylation is 1. The van der Waals surface area contributed by atoms with Crippen molar-refractivity contribution < 1.29 is 29.3 Å². The van der Waals surface area contributed by atoms with E-state index in [0.717, 1.165) is 24.8 Å². The molecule has 0 spiro atoms. The Balaban J connectivity index is 0.00000172. The fourth-order valence-corrected chi connectivity index (χ4v) is 5.69. The van der Waals surface area contributed by atoms with E-state index in [2.05, 4.69) is 17.2 Å². The Bertz CT molecular complexity index is 1470. The molecule has 39 heavy (non-hydrogen) atoms. The number of benzene rings is 2. The summed E-state index contributed by atoms with van der Waals surface area (Å²) in [6.07, 6.45) is 4.27. The van der Waals surface area contributed by atoms with Crippen LogP contribution in [0.2, 0.25) is 0 Å². The molecule has 1 aliphatic rings. The summed E-state index contributed by atoms with van der Waals surface area (Å²) in [7, 11) is 1.89. The van der Waals surface area contributed by atoms with Crippen LogP contribution in [0.4, 0.5) is 4.39 Å². The number of fused-ring (bicyclic) bond motifs is 2. The zero-order valence-corrected chi connectivity index (χ0v) is 22.2. The van der Waals surface area contributed by atoms with Crippen LogP contribution in [0.25, 0.3) is 21.9 Å². The topological polar surface area (TPSA) is 140 Å². The van der Waals surface area contributed by atoms with E-state index in [1.807, 2.05) is 18.4 Å². The molecule has 1 fully saturated rings. The maximum absolute atomic E-state index is 14.5. The van der Waals surface area contributed by atoms with Crippen LogP contribution in [0.1, 0.15) is 68.1 Å². The van der Waals surface area contributed by atoms with Gasteiger partial charge in [0.25, 0.3) is 0 Å². The molecule has 4 atom stereocenters. The highest BCUT2D eigenvalue weighted by molar-refractivity contribution is 5.85. The molecule has 1 aliphatic carbocycles. The Labute approximate surface area is 225 Å². The molecule has 0 bridgehead atoms. The Morgan fingerprint density at radius 3 is 2.77 bits per heavy atom. The molecule has 0 saturated heterocycles. The minimum Gasteiger partial charge on any atom is -0.508 e. The largest absolute Gasteiger partial charge is 0.508 e. The number of aromatic hydroxyl groups is 1. The van der Waals surface area contributed by atoms with Crippen molar-refractivity contribution in [1.82, 2.24) is 19.9 Å². The number of hydrogen-bond acceptors (Lipinski definition) is 6. The Morgan fingerprint density at radius 2 is 2.05 bits per heavy atom. The second-order valence-corrected chi connectivity index (χ2v) is 10.2. The molecule has 9 nitrogen and oxygen atoms in total. The first-order valence-corrected chi connectivity index (χ1v) is 13.1. The van der Waals surface area contributed by atoms with Gasteiger partial charge in [-0.15, -0.1) is 0 Å². The van der Waals surface area contributed by atoms with Crippen molar-refractivity contribution in [3.05, 3.63) is 59.3 Å². The van der Waals surface area contributed by atoms with Crippen LogP contribution in [0, 0.1) is 11.7 Å². The van der Waals surface area contributed by atoms with E-state index in [0.29, 0.717) is 52.6 Å². The third-order valence-corrected chi connectivity index (χ3v) is 7.84. The minimum atomic E-state index is -1.26. The van der Waals surface area contributed by atoms with E-state index in [4.69, 9.17) is 9.78 Å². The van der Waals surface area contributed by atoms with Gasteiger partial charge in [-0.2, -0.15) is 0 Å². The number of H-pyrrole nitrogens is 1. The Morgan fingerprint density at radius 1 is 1.28 bits per heavy atom. The molecule has 0 amide bonds. The van der Waals surface area contributed by atoms with E-state index >= 15 is 0 Å². The number of carboxylic acids is 1. The molecule has 2 aromatic carbocycles. The number of imidazole rings is 1. The second-order valence-electron chi connectivity index (χ2n) is 10.2. The molecule has 5 rings (SSSR count). The predicted molar refractivity (Wildman–Crippen MR) is 146 cm³/mol. The van der Waals surface area contributed by atoms with Crippen LogP contribution in [0.5, 0.6) is 5.75 Å². The van der Waals surface area contributed by atoms with Crippen LogP contribution in [0.15, 0.2) is 36.5 Å². The van der Waals surface area contributed by atoms with Gasteiger partial charge in [0.2, 0.25) is 0 Å². The molecule has 1 saturated carbocycles. The van der Waals surface area contributed by atoms with Crippen molar-refractivity contribution in [2.45, 2.75) is 63.6 Å². The first-order valence-electron chi connectivity index (χ1n) is 13.1. The maximum Gasteiger partial charge on any atom is 0.306 e. The molecule has 4 unspecified atom stereocenters. The summed E-state index contributed by atoms with van der Waals surface area (Å²) in [6, 6.07) is 7.90. The SMILES string of the molecule is C=O.CNC(C)CCc1c(O)ccc2c1nc(C(O)c1cc(F)cc3cc[nH]c13)n2C1CCCC(C(=O)O)C1. The number of hydrogen-bond donors (Lipinski definition) is 5. The van der Waals surface area contributed by atoms with Crippen LogP contribution < -0.4 is 5.32 Å². The quantitative estimate of drug-likeness (QED) is 0.221. The van der Waals surface area contributed by atoms with Crippen molar-refractivity contribution in [2.24, 2.45) is 5.92 Å². The summed E-state index contributed by atoms with van der Waals surface area (Å²) in [5, 5.41) is 36.0. The minimum absolute atomic E-state index is 0.131. The molecular weight excluding hydrogens is 503 g/mol. The van der Waals surface area contributed by atoms with Gasteiger partial charge < -0.3 is 35.0 Å².